The highest BCUT2D eigenvalue weighted by molar-refractivity contribution is 7.19. The minimum Gasteiger partial charge on any atom is -0.390 e. The van der Waals surface area contributed by atoms with Gasteiger partial charge in [0, 0.05) is 84.5 Å². The van der Waals surface area contributed by atoms with E-state index >= 15 is 0 Å². The molecule has 0 aliphatic carbocycles. The van der Waals surface area contributed by atoms with Crippen molar-refractivity contribution in [3.05, 3.63) is 70.4 Å². The molecular weight excluding hydrogens is 576 g/mol. The van der Waals surface area contributed by atoms with Crippen molar-refractivity contribution in [1.82, 2.24) is 9.80 Å². The summed E-state index contributed by atoms with van der Waals surface area (Å²) in [7, 11) is 0. The maximum Gasteiger partial charge on any atom is 0.0793 e. The number of aliphatic hydroxyl groups excluding tert-OH is 2. The smallest absolute Gasteiger partial charge is 0.0793 e. The second-order valence-corrected chi connectivity index (χ2v) is 13.1. The van der Waals surface area contributed by atoms with Crippen LogP contribution in [-0.2, 0) is 22.3 Å². The molecule has 0 amide bonds. The van der Waals surface area contributed by atoms with Gasteiger partial charge in [0.25, 0.3) is 0 Å². The van der Waals surface area contributed by atoms with Crippen LogP contribution in [0.1, 0.15) is 22.6 Å². The summed E-state index contributed by atoms with van der Waals surface area (Å²) in [4.78, 5) is 7.33. The fourth-order valence-electron chi connectivity index (χ4n) is 5.10. The van der Waals surface area contributed by atoms with Crippen LogP contribution in [0.15, 0.2) is 60.7 Å². The number of β-amino-alcohol motifs (C(OH)–C–C–N with tert-alkyl or cyclic N) is 2. The van der Waals surface area contributed by atoms with Crippen LogP contribution in [0, 0.1) is 0 Å². The van der Waals surface area contributed by atoms with Crippen LogP contribution >= 0.6 is 35.1 Å². The van der Waals surface area contributed by atoms with Crippen molar-refractivity contribution < 1.29 is 19.7 Å². The highest BCUT2D eigenvalue weighted by Gasteiger charge is 2.23. The minimum atomic E-state index is -0.0936. The molecule has 2 aromatic heterocycles. The van der Waals surface area contributed by atoms with Crippen LogP contribution < -0.4 is 0 Å². The van der Waals surface area contributed by atoms with E-state index in [-0.39, 0.29) is 24.6 Å². The average molecular weight is 619 g/mol. The summed E-state index contributed by atoms with van der Waals surface area (Å²) in [5.41, 5.74) is 0. The van der Waals surface area contributed by atoms with Crippen LogP contribution in [0.3, 0.4) is 0 Å². The lowest BCUT2D eigenvalue weighted by molar-refractivity contribution is -0.00316. The molecule has 0 atom stereocenters. The predicted octanol–water partition coefficient (Wildman–Crippen LogP) is 5.48. The van der Waals surface area contributed by atoms with Crippen molar-refractivity contribution >= 4 is 55.3 Å². The zero-order valence-electron chi connectivity index (χ0n) is 23.7. The van der Waals surface area contributed by atoms with E-state index in [0.29, 0.717) is 0 Å². The molecule has 2 aliphatic rings. The number of likely N-dealkylation sites (tertiary alicyclic amines) is 2. The van der Waals surface area contributed by atoms with Gasteiger partial charge in [-0.1, -0.05) is 36.4 Å². The van der Waals surface area contributed by atoms with E-state index in [0.717, 1.165) is 91.4 Å². The van der Waals surface area contributed by atoms with Crippen molar-refractivity contribution in [3.63, 3.8) is 0 Å². The molecule has 0 radical (unpaired) electrons. The number of rotatable bonds is 14. The summed E-state index contributed by atoms with van der Waals surface area (Å²) in [6.07, 6.45) is 3.93. The SMILES string of the molecule is Cl.OC1CN(CCCOCCc2cc3ccccc3s2)C1.OC1CN(CCCOCCc2cc3ccccc3s2)C1. The van der Waals surface area contributed by atoms with Gasteiger partial charge in [-0.2, -0.15) is 0 Å². The molecule has 2 saturated heterocycles. The molecule has 41 heavy (non-hydrogen) atoms. The van der Waals surface area contributed by atoms with Crippen molar-refractivity contribution in [2.75, 3.05) is 65.7 Å². The molecular formula is C32H43ClN2O4S2. The molecule has 2 fully saturated rings. The molecule has 6 nitrogen and oxygen atoms in total. The summed E-state index contributed by atoms with van der Waals surface area (Å²) >= 11 is 3.73. The second-order valence-electron chi connectivity index (χ2n) is 10.8. The third kappa shape index (κ3) is 10.3. The van der Waals surface area contributed by atoms with Gasteiger partial charge in [-0.3, -0.25) is 9.80 Å². The summed E-state index contributed by atoms with van der Waals surface area (Å²) in [5, 5.41) is 21.0. The van der Waals surface area contributed by atoms with Gasteiger partial charge in [-0.05, 0) is 47.9 Å². The van der Waals surface area contributed by atoms with Crippen LogP contribution in [-0.4, -0.2) is 97.9 Å². The third-order valence-electron chi connectivity index (χ3n) is 7.34. The highest BCUT2D eigenvalue weighted by atomic mass is 35.5. The van der Waals surface area contributed by atoms with E-state index in [4.69, 9.17) is 9.47 Å². The van der Waals surface area contributed by atoms with Crippen LogP contribution in [0.5, 0.6) is 0 Å². The van der Waals surface area contributed by atoms with Crippen LogP contribution in [0.4, 0.5) is 0 Å². The van der Waals surface area contributed by atoms with Crippen molar-refractivity contribution in [3.8, 4) is 0 Å². The molecule has 0 saturated carbocycles. The molecule has 4 aromatic rings. The number of fused-ring (bicyclic) bond motifs is 2. The molecule has 2 N–H and O–H groups in total. The molecule has 0 bridgehead atoms. The highest BCUT2D eigenvalue weighted by Crippen LogP contribution is 2.26. The normalized spacial score (nSPS) is 16.2. The Hall–Kier alpha value is -1.59. The lowest BCUT2D eigenvalue weighted by Gasteiger charge is -2.35. The number of aliphatic hydroxyl groups is 2. The number of halogens is 1. The maximum atomic E-state index is 9.17. The largest absolute Gasteiger partial charge is 0.390 e. The van der Waals surface area contributed by atoms with Gasteiger partial charge in [0.1, 0.15) is 0 Å². The van der Waals surface area contributed by atoms with Gasteiger partial charge in [-0.25, -0.2) is 0 Å². The Balaban J connectivity index is 0.000000184. The zero-order valence-corrected chi connectivity index (χ0v) is 26.1. The van der Waals surface area contributed by atoms with Crippen molar-refractivity contribution in [2.24, 2.45) is 0 Å². The van der Waals surface area contributed by atoms with E-state index in [1.54, 1.807) is 0 Å². The monoisotopic (exact) mass is 618 g/mol. The molecule has 9 heteroatoms. The van der Waals surface area contributed by atoms with Crippen LogP contribution in [0.25, 0.3) is 20.2 Å². The standard InChI is InChI=1S/2C16H21NO2S.ClH/c2*18-14-11-17(12-14)7-3-8-19-9-6-15-10-13-4-1-2-5-16(13)20-15;/h2*1-2,4-5,10,14,18H,3,6-9,11-12H2;1H. The van der Waals surface area contributed by atoms with Gasteiger partial charge in [0.15, 0.2) is 0 Å². The number of nitrogens with zero attached hydrogens (tertiary/aromatic N) is 2. The molecule has 0 unspecified atom stereocenters. The number of ether oxygens (including phenoxy) is 2. The van der Waals surface area contributed by atoms with Gasteiger partial charge in [0.05, 0.1) is 25.4 Å². The lowest BCUT2D eigenvalue weighted by atomic mass is 10.1. The van der Waals surface area contributed by atoms with Gasteiger partial charge >= 0.3 is 0 Å². The Bertz CT molecular complexity index is 1140. The quantitative estimate of drug-likeness (QED) is 0.183. The lowest BCUT2D eigenvalue weighted by Crippen LogP contribution is -2.50. The minimum absolute atomic E-state index is 0. The Morgan fingerprint density at radius 3 is 1.44 bits per heavy atom. The number of hydrogen-bond acceptors (Lipinski definition) is 8. The third-order valence-corrected chi connectivity index (χ3v) is 9.69. The topological polar surface area (TPSA) is 65.4 Å². The Labute approximate surface area is 257 Å². The molecule has 6 rings (SSSR count). The van der Waals surface area contributed by atoms with E-state index < -0.39 is 0 Å². The summed E-state index contributed by atoms with van der Waals surface area (Å²) in [6.45, 7) is 8.66. The first-order valence-corrected chi connectivity index (χ1v) is 16.2. The summed E-state index contributed by atoms with van der Waals surface area (Å²) in [5.74, 6) is 0. The van der Waals surface area contributed by atoms with Crippen molar-refractivity contribution in [2.45, 2.75) is 37.9 Å². The average Bonchev–Trinajstić information content (AvgIpc) is 3.54. The fourth-order valence-corrected chi connectivity index (χ4v) is 7.19. The Morgan fingerprint density at radius 1 is 0.634 bits per heavy atom. The molecule has 2 aliphatic heterocycles. The molecule has 2 aromatic carbocycles. The van der Waals surface area contributed by atoms with Crippen molar-refractivity contribution in [1.29, 1.82) is 0 Å². The number of benzene rings is 2. The first-order chi connectivity index (χ1) is 19.6. The zero-order chi connectivity index (χ0) is 27.6. The number of hydrogen-bond donors (Lipinski definition) is 2. The van der Waals surface area contributed by atoms with Gasteiger partial charge in [0.2, 0.25) is 0 Å². The molecule has 0 spiro atoms. The Morgan fingerprint density at radius 2 is 1.05 bits per heavy atom. The molecule has 4 heterocycles. The number of thiophene rings is 2. The summed E-state index contributed by atoms with van der Waals surface area (Å²) < 4.78 is 14.1. The first-order valence-electron chi connectivity index (χ1n) is 14.5. The molecule has 224 valence electrons. The first kappa shape index (κ1) is 32.3. The van der Waals surface area contributed by atoms with E-state index in [2.05, 4.69) is 70.5 Å². The summed E-state index contributed by atoms with van der Waals surface area (Å²) in [6, 6.07) is 21.6. The van der Waals surface area contributed by atoms with Crippen LogP contribution in [0.2, 0.25) is 0 Å². The Kier molecular flexibility index (Phi) is 13.3. The van der Waals surface area contributed by atoms with E-state index in [1.807, 2.05) is 22.7 Å². The van der Waals surface area contributed by atoms with Gasteiger partial charge in [-0.15, -0.1) is 35.1 Å². The van der Waals surface area contributed by atoms with E-state index in [1.165, 1.54) is 29.9 Å². The van der Waals surface area contributed by atoms with Gasteiger partial charge < -0.3 is 19.7 Å². The van der Waals surface area contributed by atoms with E-state index in [9.17, 15) is 10.2 Å². The predicted molar refractivity (Wildman–Crippen MR) is 174 cm³/mol. The second kappa shape index (κ2) is 16.9. The fraction of sp³-hybridized carbons (Fsp3) is 0.500. The maximum absolute atomic E-state index is 9.17.